The van der Waals surface area contributed by atoms with Gasteiger partial charge in [0.05, 0.1) is 17.3 Å². The molecule has 5 rings (SSSR count). The molecule has 0 unspecified atom stereocenters. The number of benzene rings is 1. The summed E-state index contributed by atoms with van der Waals surface area (Å²) in [5, 5.41) is 20.6. The van der Waals surface area contributed by atoms with Crippen LogP contribution in [0.2, 0.25) is 0 Å². The molecule has 1 aromatic carbocycles. The average Bonchev–Trinajstić information content (AvgIpc) is 3.32. The van der Waals surface area contributed by atoms with Crippen LogP contribution in [0.3, 0.4) is 0 Å². The number of aromatic amines is 1. The minimum absolute atomic E-state index is 0.296. The average molecular weight is 359 g/mol. The van der Waals surface area contributed by atoms with Gasteiger partial charge in [0, 0.05) is 30.2 Å². The van der Waals surface area contributed by atoms with E-state index in [2.05, 4.69) is 41.2 Å². The van der Waals surface area contributed by atoms with Gasteiger partial charge in [-0.15, -0.1) is 5.10 Å². The number of hydrogen-bond acceptors (Lipinski definition) is 7. The molecule has 0 atom stereocenters. The Morgan fingerprint density at radius 3 is 2.93 bits per heavy atom. The molecule has 10 heteroatoms. The lowest BCUT2D eigenvalue weighted by atomic mass is 10.2. The topological polar surface area (TPSA) is 125 Å². The molecule has 0 spiro atoms. The van der Waals surface area contributed by atoms with Crippen molar-refractivity contribution in [3.8, 4) is 11.4 Å². The highest BCUT2D eigenvalue weighted by Gasteiger charge is 2.18. The van der Waals surface area contributed by atoms with Gasteiger partial charge in [0.15, 0.2) is 11.5 Å². The number of anilines is 1. The van der Waals surface area contributed by atoms with Gasteiger partial charge in [-0.2, -0.15) is 9.61 Å². The van der Waals surface area contributed by atoms with E-state index < -0.39 is 0 Å². The summed E-state index contributed by atoms with van der Waals surface area (Å²) in [6.07, 6.45) is 8.05. The van der Waals surface area contributed by atoms with Crippen molar-refractivity contribution in [1.29, 1.82) is 0 Å². The second-order valence-electron chi connectivity index (χ2n) is 5.77. The summed E-state index contributed by atoms with van der Waals surface area (Å²) in [4.78, 5) is 21.4. The molecule has 1 aliphatic rings. The van der Waals surface area contributed by atoms with Crippen LogP contribution in [0.15, 0.2) is 61.0 Å². The maximum Gasteiger partial charge on any atom is 0.273 e. The van der Waals surface area contributed by atoms with Crippen LogP contribution < -0.4 is 16.0 Å². The number of amides is 1. The van der Waals surface area contributed by atoms with Crippen molar-refractivity contribution in [2.45, 2.75) is 0 Å². The summed E-state index contributed by atoms with van der Waals surface area (Å²) in [7, 11) is 0. The van der Waals surface area contributed by atoms with E-state index in [0.717, 1.165) is 16.5 Å². The van der Waals surface area contributed by atoms with E-state index in [1.807, 2.05) is 24.3 Å². The van der Waals surface area contributed by atoms with Crippen LogP contribution in [-0.2, 0) is 4.79 Å². The fraction of sp³-hybridized carbons (Fsp3) is 0. The first kappa shape index (κ1) is 15.1. The number of nitrogens with zero attached hydrogens (tertiary/aromatic N) is 5. The summed E-state index contributed by atoms with van der Waals surface area (Å²) >= 11 is 0. The monoisotopic (exact) mass is 359 g/mol. The van der Waals surface area contributed by atoms with Crippen LogP contribution in [0.25, 0.3) is 27.9 Å². The van der Waals surface area contributed by atoms with E-state index in [0.29, 0.717) is 23.1 Å². The van der Waals surface area contributed by atoms with Crippen molar-refractivity contribution in [3.63, 3.8) is 0 Å². The minimum Gasteiger partial charge on any atom is -0.364 e. The molecule has 0 radical (unpaired) electrons. The second-order valence-corrected chi connectivity index (χ2v) is 5.77. The van der Waals surface area contributed by atoms with Gasteiger partial charge in [-0.3, -0.25) is 9.89 Å². The highest BCUT2D eigenvalue weighted by atomic mass is 16.2. The lowest BCUT2D eigenvalue weighted by Crippen LogP contribution is -2.24. The number of H-pyrrole nitrogens is 1. The summed E-state index contributed by atoms with van der Waals surface area (Å²) in [6.45, 7) is 0. The Balaban J connectivity index is 1.70. The summed E-state index contributed by atoms with van der Waals surface area (Å²) < 4.78 is 1.58. The first-order chi connectivity index (χ1) is 13.3. The van der Waals surface area contributed by atoms with Crippen LogP contribution in [-0.4, -0.2) is 35.7 Å². The van der Waals surface area contributed by atoms with Crippen LogP contribution in [0.4, 0.5) is 5.95 Å². The minimum atomic E-state index is -0.297. The molecule has 1 amide bonds. The molecule has 4 aromatic rings. The number of carbonyl (C=O) groups excluding carboxylic acids is 1. The Bertz CT molecular complexity index is 1220. The van der Waals surface area contributed by atoms with Gasteiger partial charge < -0.3 is 16.0 Å². The van der Waals surface area contributed by atoms with Gasteiger partial charge in [-0.25, -0.2) is 9.97 Å². The maximum atomic E-state index is 12.2. The molecule has 0 fully saturated rings. The summed E-state index contributed by atoms with van der Waals surface area (Å²) in [5.41, 5.74) is 2.41. The van der Waals surface area contributed by atoms with E-state index in [1.54, 1.807) is 29.3 Å². The molecule has 0 aliphatic carbocycles. The fourth-order valence-electron chi connectivity index (χ4n) is 2.79. The molecule has 0 bridgehead atoms. The van der Waals surface area contributed by atoms with E-state index in [1.165, 1.54) is 6.20 Å². The third kappa shape index (κ3) is 2.56. The standard InChI is InChI=1S/C17H13N9O/c27-16-13(9-18-5-6-19-16)23-17-22-12-4-2-1-3-11(12)15-24-14(25-26(15)17)10-7-20-21-8-10/h1-9,18H,(H,19,27)(H,20,21)(H,22,23). The molecule has 1 aliphatic heterocycles. The summed E-state index contributed by atoms with van der Waals surface area (Å²) in [5.74, 6) is 0.578. The van der Waals surface area contributed by atoms with Gasteiger partial charge in [-0.1, -0.05) is 12.1 Å². The third-order valence-electron chi connectivity index (χ3n) is 4.05. The van der Waals surface area contributed by atoms with Crippen molar-refractivity contribution in [2.75, 3.05) is 5.32 Å². The first-order valence-electron chi connectivity index (χ1n) is 8.13. The third-order valence-corrected chi connectivity index (χ3v) is 4.05. The lowest BCUT2D eigenvalue weighted by Gasteiger charge is -2.10. The predicted octanol–water partition coefficient (Wildman–Crippen LogP) is 1.11. The molecular formula is C17H13N9O. The number of hydrogen-bond donors (Lipinski definition) is 4. The van der Waals surface area contributed by atoms with Crippen molar-refractivity contribution in [3.05, 3.63) is 61.0 Å². The molecule has 10 nitrogen and oxygen atoms in total. The second kappa shape index (κ2) is 5.95. The highest BCUT2D eigenvalue weighted by molar-refractivity contribution is 5.98. The lowest BCUT2D eigenvalue weighted by molar-refractivity contribution is -0.116. The Morgan fingerprint density at radius 2 is 2.04 bits per heavy atom. The Kier molecular flexibility index (Phi) is 3.32. The molecule has 4 heterocycles. The molecule has 27 heavy (non-hydrogen) atoms. The number of fused-ring (bicyclic) bond motifs is 3. The van der Waals surface area contributed by atoms with Crippen LogP contribution in [0, 0.1) is 0 Å². The van der Waals surface area contributed by atoms with Gasteiger partial charge >= 0.3 is 0 Å². The van der Waals surface area contributed by atoms with Gasteiger partial charge in [-0.05, 0) is 12.1 Å². The van der Waals surface area contributed by atoms with Crippen molar-refractivity contribution >= 4 is 28.4 Å². The van der Waals surface area contributed by atoms with E-state index in [9.17, 15) is 4.79 Å². The van der Waals surface area contributed by atoms with Gasteiger partial charge in [0.25, 0.3) is 5.91 Å². The Morgan fingerprint density at radius 1 is 1.11 bits per heavy atom. The SMILES string of the molecule is O=C1NC=CNC=C1Nc1nc2ccccc2c2nc(-c3cn[nH]c3)nn12. The molecule has 3 aromatic heterocycles. The molecule has 132 valence electrons. The molecule has 0 saturated carbocycles. The van der Waals surface area contributed by atoms with Gasteiger partial charge in [0.2, 0.25) is 5.95 Å². The van der Waals surface area contributed by atoms with Crippen molar-refractivity contribution < 1.29 is 4.79 Å². The predicted molar refractivity (Wildman–Crippen MR) is 98.0 cm³/mol. The van der Waals surface area contributed by atoms with Crippen molar-refractivity contribution in [1.82, 2.24) is 40.4 Å². The zero-order valence-electron chi connectivity index (χ0n) is 13.8. The molecule has 0 saturated heterocycles. The van der Waals surface area contributed by atoms with Crippen LogP contribution in [0.5, 0.6) is 0 Å². The van der Waals surface area contributed by atoms with Crippen LogP contribution >= 0.6 is 0 Å². The normalized spacial score (nSPS) is 13.9. The number of aromatic nitrogens is 6. The Labute approximate surface area is 152 Å². The zero-order chi connectivity index (χ0) is 18.2. The highest BCUT2D eigenvalue weighted by Crippen LogP contribution is 2.24. The van der Waals surface area contributed by atoms with Crippen molar-refractivity contribution in [2.24, 2.45) is 0 Å². The molecule has 4 N–H and O–H groups in total. The maximum absolute atomic E-state index is 12.2. The smallest absolute Gasteiger partial charge is 0.273 e. The number of rotatable bonds is 3. The Hall–Kier alpha value is -4.21. The van der Waals surface area contributed by atoms with E-state index >= 15 is 0 Å². The summed E-state index contributed by atoms with van der Waals surface area (Å²) in [6, 6.07) is 7.62. The quantitative estimate of drug-likeness (QED) is 0.432. The van der Waals surface area contributed by atoms with Gasteiger partial charge in [0.1, 0.15) is 5.70 Å². The number of carbonyl (C=O) groups is 1. The molecular weight excluding hydrogens is 346 g/mol. The van der Waals surface area contributed by atoms with Crippen LogP contribution in [0.1, 0.15) is 0 Å². The fourth-order valence-corrected chi connectivity index (χ4v) is 2.79. The number of para-hydroxylation sites is 1. The van der Waals surface area contributed by atoms with E-state index in [-0.39, 0.29) is 5.91 Å². The van der Waals surface area contributed by atoms with E-state index in [4.69, 9.17) is 0 Å². The largest absolute Gasteiger partial charge is 0.364 e. The zero-order valence-corrected chi connectivity index (χ0v) is 13.8. The number of nitrogens with one attached hydrogen (secondary N) is 4. The first-order valence-corrected chi connectivity index (χ1v) is 8.13.